The molecule has 1 aliphatic carbocycles. The first-order valence-electron chi connectivity index (χ1n) is 12.1. The maximum absolute atomic E-state index is 14.0. The fourth-order valence-electron chi connectivity index (χ4n) is 5.22. The maximum atomic E-state index is 14.0. The summed E-state index contributed by atoms with van der Waals surface area (Å²) in [7, 11) is 0. The highest BCUT2D eigenvalue weighted by molar-refractivity contribution is 6.32. The molecule has 0 spiro atoms. The van der Waals surface area contributed by atoms with Gasteiger partial charge in [-0.2, -0.15) is 0 Å². The van der Waals surface area contributed by atoms with Crippen LogP contribution < -0.4 is 4.74 Å². The van der Waals surface area contributed by atoms with E-state index >= 15 is 0 Å². The number of ketones is 2. The Morgan fingerprint density at radius 3 is 2.09 bits per heavy atom. The molecule has 3 aromatic rings. The van der Waals surface area contributed by atoms with Crippen molar-refractivity contribution in [3.8, 4) is 5.75 Å². The molecule has 1 saturated heterocycles. The molecule has 1 fully saturated rings. The van der Waals surface area contributed by atoms with Gasteiger partial charge in [-0.25, -0.2) is 0 Å². The third-order valence-electron chi connectivity index (χ3n) is 6.89. The smallest absolute Gasteiger partial charge is 0.196 e. The lowest BCUT2D eigenvalue weighted by Crippen LogP contribution is -2.60. The minimum atomic E-state index is -1.34. The summed E-state index contributed by atoms with van der Waals surface area (Å²) >= 11 is 0. The second-order valence-electron chi connectivity index (χ2n) is 9.04. The van der Waals surface area contributed by atoms with Crippen molar-refractivity contribution in [3.05, 3.63) is 101 Å². The van der Waals surface area contributed by atoms with Crippen LogP contribution in [0.1, 0.15) is 45.2 Å². The zero-order valence-corrected chi connectivity index (χ0v) is 19.6. The van der Waals surface area contributed by atoms with Crippen LogP contribution in [0.2, 0.25) is 0 Å². The number of rotatable bonds is 7. The largest absolute Gasteiger partial charge is 0.494 e. The van der Waals surface area contributed by atoms with Crippen molar-refractivity contribution < 1.29 is 14.3 Å². The summed E-state index contributed by atoms with van der Waals surface area (Å²) in [6.45, 7) is 6.37. The van der Waals surface area contributed by atoms with Crippen molar-refractivity contribution in [3.63, 3.8) is 0 Å². The quantitative estimate of drug-likeness (QED) is 0.490. The Balaban J connectivity index is 1.48. The van der Waals surface area contributed by atoms with Gasteiger partial charge in [0.15, 0.2) is 17.1 Å². The molecular formula is C29H30N2O3. The monoisotopic (exact) mass is 454 g/mol. The highest BCUT2D eigenvalue weighted by Gasteiger charge is 2.58. The van der Waals surface area contributed by atoms with E-state index in [1.807, 2.05) is 42.5 Å². The number of hydrogen-bond donors (Lipinski definition) is 0. The average Bonchev–Trinajstić information content (AvgIpc) is 3.11. The molecule has 0 atom stereocenters. The predicted octanol–water partition coefficient (Wildman–Crippen LogP) is 4.57. The lowest BCUT2D eigenvalue weighted by atomic mass is 9.82. The fourth-order valence-corrected chi connectivity index (χ4v) is 5.22. The third-order valence-corrected chi connectivity index (χ3v) is 6.89. The van der Waals surface area contributed by atoms with E-state index in [1.165, 1.54) is 5.56 Å². The number of hydrogen-bond acceptors (Lipinski definition) is 5. The molecule has 174 valence electrons. The molecule has 34 heavy (non-hydrogen) atoms. The first-order valence-corrected chi connectivity index (χ1v) is 12.1. The molecule has 0 N–H and O–H groups in total. The van der Waals surface area contributed by atoms with E-state index in [1.54, 1.807) is 12.1 Å². The number of fused-ring (bicyclic) bond motifs is 1. The van der Waals surface area contributed by atoms with Gasteiger partial charge in [0, 0.05) is 43.9 Å². The number of nitrogens with zero attached hydrogens (tertiary/aromatic N) is 2. The molecule has 0 bridgehead atoms. The van der Waals surface area contributed by atoms with Crippen LogP contribution in [-0.4, -0.2) is 54.2 Å². The van der Waals surface area contributed by atoms with Crippen LogP contribution in [0.4, 0.5) is 0 Å². The van der Waals surface area contributed by atoms with Crippen molar-refractivity contribution in [2.24, 2.45) is 0 Å². The number of ether oxygens (including phenoxy) is 1. The summed E-state index contributed by atoms with van der Waals surface area (Å²) in [5, 5.41) is 0. The molecule has 5 nitrogen and oxygen atoms in total. The van der Waals surface area contributed by atoms with Gasteiger partial charge in [-0.05, 0) is 29.7 Å². The maximum Gasteiger partial charge on any atom is 0.196 e. The molecule has 2 aliphatic rings. The van der Waals surface area contributed by atoms with Crippen molar-refractivity contribution in [1.82, 2.24) is 9.80 Å². The van der Waals surface area contributed by atoms with E-state index in [2.05, 4.69) is 41.0 Å². The molecule has 0 radical (unpaired) electrons. The van der Waals surface area contributed by atoms with Gasteiger partial charge in [-0.3, -0.25) is 19.4 Å². The van der Waals surface area contributed by atoms with Crippen molar-refractivity contribution in [1.29, 1.82) is 0 Å². The van der Waals surface area contributed by atoms with Crippen molar-refractivity contribution in [2.45, 2.75) is 25.4 Å². The molecule has 1 heterocycles. The standard InChI is InChI=1S/C29H30N2O3/c1-2-19-34-24-12-8-11-23(20-24)29(27(32)25-13-6-7-14-26(25)28(29)33)31-17-15-30(16-18-31)21-22-9-4-3-5-10-22/h3-14,20H,2,15-19,21H2,1H3. The van der Waals surface area contributed by atoms with Gasteiger partial charge in [0.2, 0.25) is 0 Å². The highest BCUT2D eigenvalue weighted by atomic mass is 16.5. The SMILES string of the molecule is CCCOc1cccc(C2(N3CCN(Cc4ccccc4)CC3)C(=O)c3ccccc3C2=O)c1. The van der Waals surface area contributed by atoms with Crippen LogP contribution in [0.3, 0.4) is 0 Å². The molecule has 0 unspecified atom stereocenters. The van der Waals surface area contributed by atoms with Gasteiger partial charge >= 0.3 is 0 Å². The minimum absolute atomic E-state index is 0.128. The van der Waals surface area contributed by atoms with E-state index in [0.717, 1.165) is 26.1 Å². The normalized spacial score (nSPS) is 18.1. The van der Waals surface area contributed by atoms with Gasteiger partial charge in [0.05, 0.1) is 6.61 Å². The Kier molecular flexibility index (Phi) is 6.31. The molecule has 0 amide bonds. The second-order valence-corrected chi connectivity index (χ2v) is 9.04. The number of Topliss-reactive ketones (excluding diaryl/α,β-unsaturated/α-hetero) is 2. The Hall–Kier alpha value is -3.28. The fraction of sp³-hybridized carbons (Fsp3) is 0.310. The Bertz CT molecular complexity index is 1150. The summed E-state index contributed by atoms with van der Waals surface area (Å²) in [6, 6.07) is 25.2. The molecule has 1 aliphatic heterocycles. The highest BCUT2D eigenvalue weighted by Crippen LogP contribution is 2.43. The summed E-state index contributed by atoms with van der Waals surface area (Å²) in [6.07, 6.45) is 0.891. The molecule has 5 heteroatoms. The number of benzene rings is 3. The van der Waals surface area contributed by atoms with Crippen molar-refractivity contribution in [2.75, 3.05) is 32.8 Å². The summed E-state index contributed by atoms with van der Waals surface area (Å²) in [5.74, 6) is 0.437. The zero-order valence-electron chi connectivity index (χ0n) is 19.6. The predicted molar refractivity (Wildman–Crippen MR) is 132 cm³/mol. The van der Waals surface area contributed by atoms with E-state index in [-0.39, 0.29) is 11.6 Å². The van der Waals surface area contributed by atoms with Gasteiger partial charge in [-0.1, -0.05) is 73.7 Å². The van der Waals surface area contributed by atoms with E-state index in [0.29, 0.717) is 42.1 Å². The Morgan fingerprint density at radius 2 is 1.44 bits per heavy atom. The lowest BCUT2D eigenvalue weighted by molar-refractivity contribution is 0.0278. The summed E-state index contributed by atoms with van der Waals surface area (Å²) in [4.78, 5) is 32.5. The van der Waals surface area contributed by atoms with E-state index in [4.69, 9.17) is 4.74 Å². The van der Waals surface area contributed by atoms with Gasteiger partial charge < -0.3 is 4.74 Å². The second kappa shape index (κ2) is 9.53. The summed E-state index contributed by atoms with van der Waals surface area (Å²) < 4.78 is 5.87. The van der Waals surface area contributed by atoms with Crippen LogP contribution in [0.5, 0.6) is 5.75 Å². The Labute approximate surface area is 201 Å². The molecule has 5 rings (SSSR count). The number of piperazine rings is 1. The Morgan fingerprint density at radius 1 is 0.794 bits per heavy atom. The first-order chi connectivity index (χ1) is 16.6. The van der Waals surface area contributed by atoms with Crippen LogP contribution in [-0.2, 0) is 12.1 Å². The third kappa shape index (κ3) is 3.85. The van der Waals surface area contributed by atoms with Crippen LogP contribution in [0.15, 0.2) is 78.9 Å². The number of carbonyl (C=O) groups excluding carboxylic acids is 2. The topological polar surface area (TPSA) is 49.9 Å². The van der Waals surface area contributed by atoms with Crippen LogP contribution >= 0.6 is 0 Å². The molecule has 3 aromatic carbocycles. The molecule has 0 saturated carbocycles. The number of carbonyl (C=O) groups is 2. The molecule has 0 aromatic heterocycles. The van der Waals surface area contributed by atoms with Crippen LogP contribution in [0.25, 0.3) is 0 Å². The molecular weight excluding hydrogens is 424 g/mol. The first kappa shape index (κ1) is 22.5. The van der Waals surface area contributed by atoms with Crippen LogP contribution in [0, 0.1) is 0 Å². The lowest BCUT2D eigenvalue weighted by Gasteiger charge is -2.44. The van der Waals surface area contributed by atoms with Gasteiger partial charge in [-0.15, -0.1) is 0 Å². The summed E-state index contributed by atoms with van der Waals surface area (Å²) in [5.41, 5.74) is 1.66. The van der Waals surface area contributed by atoms with E-state index in [9.17, 15) is 9.59 Å². The van der Waals surface area contributed by atoms with Crippen molar-refractivity contribution >= 4 is 11.6 Å². The zero-order chi connectivity index (χ0) is 23.5. The average molecular weight is 455 g/mol. The van der Waals surface area contributed by atoms with E-state index < -0.39 is 5.54 Å². The van der Waals surface area contributed by atoms with Gasteiger partial charge in [0.25, 0.3) is 0 Å². The van der Waals surface area contributed by atoms with Gasteiger partial charge in [0.1, 0.15) is 5.75 Å². The minimum Gasteiger partial charge on any atom is -0.494 e.